The Morgan fingerprint density at radius 2 is 2.25 bits per heavy atom. The van der Waals surface area contributed by atoms with Gasteiger partial charge in [0.2, 0.25) is 11.8 Å². The molecule has 108 valence electrons. The van der Waals surface area contributed by atoms with E-state index in [-0.39, 0.29) is 29.8 Å². The number of thioether (sulfide) groups is 1. The van der Waals surface area contributed by atoms with Crippen molar-refractivity contribution in [3.05, 3.63) is 35.4 Å². The normalized spacial score (nSPS) is 18.7. The number of carbonyl (C=O) groups is 2. The molecular weight excluding hydrogens is 272 g/mol. The minimum atomic E-state index is -0.103. The molecule has 1 saturated heterocycles. The largest absolute Gasteiger partial charge is 0.352 e. The van der Waals surface area contributed by atoms with Crippen LogP contribution in [0.4, 0.5) is 0 Å². The summed E-state index contributed by atoms with van der Waals surface area (Å²) in [4.78, 5) is 25.5. The molecule has 1 fully saturated rings. The van der Waals surface area contributed by atoms with E-state index in [9.17, 15) is 9.59 Å². The van der Waals surface area contributed by atoms with Crippen LogP contribution in [-0.2, 0) is 9.59 Å². The van der Waals surface area contributed by atoms with E-state index < -0.39 is 0 Å². The fraction of sp³-hybridized carbons (Fsp3) is 0.467. The minimum Gasteiger partial charge on any atom is -0.352 e. The third-order valence-corrected chi connectivity index (χ3v) is 4.31. The Labute approximate surface area is 123 Å². The first kappa shape index (κ1) is 14.9. The van der Waals surface area contributed by atoms with Gasteiger partial charge in [0, 0.05) is 6.04 Å². The van der Waals surface area contributed by atoms with Crippen LogP contribution >= 0.6 is 11.8 Å². The number of benzene rings is 1. The number of nitrogens with zero attached hydrogens (tertiary/aromatic N) is 1. The quantitative estimate of drug-likeness (QED) is 0.924. The molecule has 2 amide bonds. The summed E-state index contributed by atoms with van der Waals surface area (Å²) >= 11 is 1.58. The molecule has 1 aromatic rings. The third-order valence-electron chi connectivity index (χ3n) is 3.06. The number of rotatable bonds is 4. The highest BCUT2D eigenvalue weighted by atomic mass is 32.2. The highest BCUT2D eigenvalue weighted by Crippen LogP contribution is 2.38. The Balaban J connectivity index is 2.12. The SMILES string of the molecule is Cc1cccc(C2SCC(=O)N2CC(=O)NC(C)C)c1. The zero-order valence-electron chi connectivity index (χ0n) is 12.1. The van der Waals surface area contributed by atoms with Gasteiger partial charge in [-0.05, 0) is 26.3 Å². The Bertz CT molecular complexity index is 516. The Kier molecular flexibility index (Phi) is 4.70. The van der Waals surface area contributed by atoms with Gasteiger partial charge in [-0.25, -0.2) is 0 Å². The van der Waals surface area contributed by atoms with Gasteiger partial charge in [0.25, 0.3) is 0 Å². The summed E-state index contributed by atoms with van der Waals surface area (Å²) in [5.41, 5.74) is 2.24. The van der Waals surface area contributed by atoms with E-state index in [0.29, 0.717) is 5.75 Å². The molecule has 1 aromatic carbocycles. The molecule has 4 nitrogen and oxygen atoms in total. The van der Waals surface area contributed by atoms with Crippen LogP contribution in [0.25, 0.3) is 0 Å². The molecule has 2 rings (SSSR count). The lowest BCUT2D eigenvalue weighted by Gasteiger charge is -2.24. The monoisotopic (exact) mass is 292 g/mol. The van der Waals surface area contributed by atoms with Crippen molar-refractivity contribution in [2.24, 2.45) is 0 Å². The number of hydrogen-bond donors (Lipinski definition) is 1. The van der Waals surface area contributed by atoms with Crippen LogP contribution in [0, 0.1) is 6.92 Å². The maximum Gasteiger partial charge on any atom is 0.239 e. The fourth-order valence-electron chi connectivity index (χ4n) is 2.25. The molecule has 0 aromatic heterocycles. The molecule has 0 bridgehead atoms. The summed E-state index contributed by atoms with van der Waals surface area (Å²) in [7, 11) is 0. The van der Waals surface area contributed by atoms with Crippen LogP contribution in [0.15, 0.2) is 24.3 Å². The van der Waals surface area contributed by atoms with Gasteiger partial charge >= 0.3 is 0 Å². The summed E-state index contributed by atoms with van der Waals surface area (Å²) in [6.07, 6.45) is 0. The second-order valence-corrected chi connectivity index (χ2v) is 6.39. The van der Waals surface area contributed by atoms with Gasteiger partial charge in [-0.2, -0.15) is 0 Å². The molecule has 0 saturated carbocycles. The Morgan fingerprint density at radius 1 is 1.50 bits per heavy atom. The third kappa shape index (κ3) is 3.54. The van der Waals surface area contributed by atoms with Crippen molar-refractivity contribution in [3.63, 3.8) is 0 Å². The van der Waals surface area contributed by atoms with Crippen molar-refractivity contribution in [2.75, 3.05) is 12.3 Å². The Hall–Kier alpha value is -1.49. The topological polar surface area (TPSA) is 49.4 Å². The molecular formula is C15H20N2O2S. The van der Waals surface area contributed by atoms with Gasteiger partial charge in [-0.3, -0.25) is 9.59 Å². The highest BCUT2D eigenvalue weighted by Gasteiger charge is 2.34. The van der Waals surface area contributed by atoms with Gasteiger partial charge < -0.3 is 10.2 Å². The van der Waals surface area contributed by atoms with E-state index in [1.54, 1.807) is 16.7 Å². The second-order valence-electron chi connectivity index (χ2n) is 5.32. The van der Waals surface area contributed by atoms with E-state index in [1.807, 2.05) is 39.0 Å². The van der Waals surface area contributed by atoms with Crippen LogP contribution in [-0.4, -0.2) is 35.1 Å². The average molecular weight is 292 g/mol. The van der Waals surface area contributed by atoms with Crippen molar-refractivity contribution in [1.82, 2.24) is 10.2 Å². The lowest BCUT2D eigenvalue weighted by Crippen LogP contribution is -2.41. The van der Waals surface area contributed by atoms with E-state index in [0.717, 1.165) is 11.1 Å². The Morgan fingerprint density at radius 3 is 2.90 bits per heavy atom. The van der Waals surface area contributed by atoms with Gasteiger partial charge in [-0.15, -0.1) is 11.8 Å². The lowest BCUT2D eigenvalue weighted by molar-refractivity contribution is -0.134. The fourth-order valence-corrected chi connectivity index (χ4v) is 3.42. The summed E-state index contributed by atoms with van der Waals surface area (Å²) in [6, 6.07) is 8.19. The molecule has 1 aliphatic heterocycles. The molecule has 1 heterocycles. The van der Waals surface area contributed by atoms with Crippen LogP contribution < -0.4 is 5.32 Å². The summed E-state index contributed by atoms with van der Waals surface area (Å²) in [6.45, 7) is 5.98. The van der Waals surface area contributed by atoms with Crippen molar-refractivity contribution in [2.45, 2.75) is 32.2 Å². The standard InChI is InChI=1S/C15H20N2O2S/c1-10(2)16-13(18)8-17-14(19)9-20-15(17)12-6-4-5-11(3)7-12/h4-7,10,15H,8-9H2,1-3H3,(H,16,18). The van der Waals surface area contributed by atoms with Crippen LogP contribution in [0.2, 0.25) is 0 Å². The minimum absolute atomic E-state index is 0.0282. The maximum atomic E-state index is 12.0. The molecule has 5 heteroatoms. The lowest BCUT2D eigenvalue weighted by atomic mass is 10.1. The molecule has 20 heavy (non-hydrogen) atoms. The van der Waals surface area contributed by atoms with Crippen LogP contribution in [0.1, 0.15) is 30.3 Å². The number of amides is 2. The zero-order chi connectivity index (χ0) is 14.7. The first-order chi connectivity index (χ1) is 9.47. The van der Waals surface area contributed by atoms with Crippen molar-refractivity contribution in [1.29, 1.82) is 0 Å². The number of aryl methyl sites for hydroxylation is 1. The molecule has 1 aliphatic rings. The summed E-state index contributed by atoms with van der Waals surface area (Å²) < 4.78 is 0. The first-order valence-electron chi connectivity index (χ1n) is 6.74. The zero-order valence-corrected chi connectivity index (χ0v) is 12.9. The highest BCUT2D eigenvalue weighted by molar-refractivity contribution is 8.00. The molecule has 0 aliphatic carbocycles. The second kappa shape index (κ2) is 6.31. The molecule has 0 radical (unpaired) electrons. The van der Waals surface area contributed by atoms with Crippen molar-refractivity contribution in [3.8, 4) is 0 Å². The molecule has 1 N–H and O–H groups in total. The summed E-state index contributed by atoms with van der Waals surface area (Å²) in [5.74, 6) is 0.363. The van der Waals surface area contributed by atoms with Gasteiger partial charge in [0.1, 0.15) is 11.9 Å². The molecule has 0 spiro atoms. The molecule has 1 atom stereocenters. The maximum absolute atomic E-state index is 12.0. The first-order valence-corrected chi connectivity index (χ1v) is 7.79. The van der Waals surface area contributed by atoms with E-state index in [2.05, 4.69) is 11.4 Å². The van der Waals surface area contributed by atoms with E-state index in [4.69, 9.17) is 0 Å². The average Bonchev–Trinajstić information content (AvgIpc) is 2.70. The van der Waals surface area contributed by atoms with Crippen molar-refractivity contribution < 1.29 is 9.59 Å². The predicted molar refractivity (Wildman–Crippen MR) is 81.4 cm³/mol. The molecule has 1 unspecified atom stereocenters. The van der Waals surface area contributed by atoms with Gasteiger partial charge in [0.05, 0.1) is 5.75 Å². The van der Waals surface area contributed by atoms with E-state index >= 15 is 0 Å². The number of carbonyl (C=O) groups excluding carboxylic acids is 2. The van der Waals surface area contributed by atoms with Gasteiger partial charge in [0.15, 0.2) is 0 Å². The number of nitrogens with one attached hydrogen (secondary N) is 1. The van der Waals surface area contributed by atoms with Gasteiger partial charge in [-0.1, -0.05) is 29.8 Å². The predicted octanol–water partition coefficient (Wildman–Crippen LogP) is 2.09. The number of hydrogen-bond acceptors (Lipinski definition) is 3. The van der Waals surface area contributed by atoms with Crippen molar-refractivity contribution >= 4 is 23.6 Å². The smallest absolute Gasteiger partial charge is 0.239 e. The van der Waals surface area contributed by atoms with E-state index in [1.165, 1.54) is 0 Å². The van der Waals surface area contributed by atoms with Crippen LogP contribution in [0.3, 0.4) is 0 Å². The van der Waals surface area contributed by atoms with Crippen LogP contribution in [0.5, 0.6) is 0 Å². The summed E-state index contributed by atoms with van der Waals surface area (Å²) in [5, 5.41) is 2.78.